The average molecular weight is 458 g/mol. The first-order valence-electron chi connectivity index (χ1n) is 7.96. The van der Waals surface area contributed by atoms with Gasteiger partial charge in [0.1, 0.15) is 12.0 Å². The molecule has 2 rings (SSSR count). The van der Waals surface area contributed by atoms with E-state index in [2.05, 4.69) is 31.2 Å². The van der Waals surface area contributed by atoms with Gasteiger partial charge in [-0.05, 0) is 42.8 Å². The van der Waals surface area contributed by atoms with E-state index < -0.39 is 23.3 Å². The van der Waals surface area contributed by atoms with Gasteiger partial charge in [0, 0.05) is 10.0 Å². The number of rotatable bonds is 5. The molecule has 0 bridgehead atoms. The van der Waals surface area contributed by atoms with Crippen molar-refractivity contribution in [3.05, 3.63) is 32.2 Å². The van der Waals surface area contributed by atoms with Crippen molar-refractivity contribution in [1.29, 1.82) is 5.26 Å². The lowest BCUT2D eigenvalue weighted by atomic mass is 10.1. The molecule has 8 nitrogen and oxygen atoms in total. The lowest BCUT2D eigenvalue weighted by Crippen LogP contribution is -2.43. The number of amides is 1. The SMILES string of the molecule is CC(C)(C)NC(=O)O[C@@H](CC#N)COc1c(Cl)c(Br)cc2nc[nH]c(=O)c12. The second-order valence-electron chi connectivity index (χ2n) is 6.70. The van der Waals surface area contributed by atoms with Crippen molar-refractivity contribution in [3.8, 4) is 11.8 Å². The fourth-order valence-corrected chi connectivity index (χ4v) is 2.78. The summed E-state index contributed by atoms with van der Waals surface area (Å²) < 4.78 is 11.4. The van der Waals surface area contributed by atoms with Crippen LogP contribution in [0.5, 0.6) is 5.75 Å². The number of aromatic nitrogens is 2. The number of aromatic amines is 1. The lowest BCUT2D eigenvalue weighted by Gasteiger charge is -2.23. The van der Waals surface area contributed by atoms with Gasteiger partial charge < -0.3 is 19.8 Å². The highest BCUT2D eigenvalue weighted by atomic mass is 79.9. The lowest BCUT2D eigenvalue weighted by molar-refractivity contribution is 0.0636. The summed E-state index contributed by atoms with van der Waals surface area (Å²) in [4.78, 5) is 30.7. The Balaban J connectivity index is 2.25. The van der Waals surface area contributed by atoms with E-state index in [1.54, 1.807) is 26.8 Å². The molecule has 0 saturated carbocycles. The summed E-state index contributed by atoms with van der Waals surface area (Å²) in [7, 11) is 0. The van der Waals surface area contributed by atoms with E-state index in [4.69, 9.17) is 26.3 Å². The fraction of sp³-hybridized carbons (Fsp3) is 0.412. The molecule has 1 heterocycles. The summed E-state index contributed by atoms with van der Waals surface area (Å²) in [5, 5.41) is 12.0. The largest absolute Gasteiger partial charge is 0.487 e. The third-order valence-electron chi connectivity index (χ3n) is 3.27. The predicted molar refractivity (Wildman–Crippen MR) is 104 cm³/mol. The smallest absolute Gasteiger partial charge is 0.407 e. The second kappa shape index (κ2) is 8.59. The number of hydrogen-bond acceptors (Lipinski definition) is 6. The maximum atomic E-state index is 12.2. The molecule has 0 unspecified atom stereocenters. The highest BCUT2D eigenvalue weighted by Gasteiger charge is 2.22. The van der Waals surface area contributed by atoms with Crippen molar-refractivity contribution in [2.75, 3.05) is 6.61 Å². The number of nitriles is 1. The minimum atomic E-state index is -0.849. The van der Waals surface area contributed by atoms with Crippen LogP contribution in [-0.4, -0.2) is 34.3 Å². The van der Waals surface area contributed by atoms with Crippen molar-refractivity contribution in [3.63, 3.8) is 0 Å². The number of halogens is 2. The molecule has 0 aliphatic heterocycles. The first-order chi connectivity index (χ1) is 12.6. The number of alkyl carbamates (subject to hydrolysis) is 1. The molecule has 1 aromatic carbocycles. The third kappa shape index (κ3) is 5.58. The topological polar surface area (TPSA) is 117 Å². The zero-order chi connectivity index (χ0) is 20.2. The molecule has 0 aliphatic carbocycles. The molecule has 2 N–H and O–H groups in total. The quantitative estimate of drug-likeness (QED) is 0.709. The summed E-state index contributed by atoms with van der Waals surface area (Å²) in [6.45, 7) is 5.24. The molecular weight excluding hydrogens is 440 g/mol. The Labute approximate surface area is 169 Å². The highest BCUT2D eigenvalue weighted by molar-refractivity contribution is 9.10. The first kappa shape index (κ1) is 21.0. The number of carbonyl (C=O) groups is 1. The van der Waals surface area contributed by atoms with E-state index in [9.17, 15) is 9.59 Å². The first-order valence-corrected chi connectivity index (χ1v) is 9.13. The van der Waals surface area contributed by atoms with Crippen LogP contribution in [0.3, 0.4) is 0 Å². The Morgan fingerprint density at radius 3 is 2.85 bits per heavy atom. The van der Waals surface area contributed by atoms with Crippen LogP contribution in [0.25, 0.3) is 10.9 Å². The van der Waals surface area contributed by atoms with E-state index in [0.717, 1.165) is 0 Å². The molecule has 1 atom stereocenters. The molecule has 2 aromatic rings. The molecular formula is C17H18BrClN4O4. The Bertz CT molecular complexity index is 949. The number of H-pyrrole nitrogens is 1. The Morgan fingerprint density at radius 2 is 2.22 bits per heavy atom. The number of nitrogens with zero attached hydrogens (tertiary/aromatic N) is 2. The number of ether oxygens (including phenoxy) is 2. The van der Waals surface area contributed by atoms with E-state index >= 15 is 0 Å². The molecule has 0 radical (unpaired) electrons. The van der Waals surface area contributed by atoms with Crippen LogP contribution in [0.1, 0.15) is 27.2 Å². The van der Waals surface area contributed by atoms with Gasteiger partial charge in [-0.25, -0.2) is 9.78 Å². The monoisotopic (exact) mass is 456 g/mol. The minimum absolute atomic E-state index is 0.0876. The van der Waals surface area contributed by atoms with Crippen molar-refractivity contribution in [1.82, 2.24) is 15.3 Å². The van der Waals surface area contributed by atoms with Crippen molar-refractivity contribution < 1.29 is 14.3 Å². The van der Waals surface area contributed by atoms with Gasteiger partial charge in [-0.2, -0.15) is 5.26 Å². The van der Waals surface area contributed by atoms with Crippen LogP contribution in [0.4, 0.5) is 4.79 Å². The summed E-state index contributed by atoms with van der Waals surface area (Å²) in [5.74, 6) is 0.0955. The number of nitrogens with one attached hydrogen (secondary N) is 2. The Hall–Kier alpha value is -2.31. The zero-order valence-corrected chi connectivity index (χ0v) is 17.3. The molecule has 1 aromatic heterocycles. The van der Waals surface area contributed by atoms with Crippen LogP contribution in [0, 0.1) is 11.3 Å². The standard InChI is InChI=1S/C17H18BrClN4O4/c1-17(2,3)23-16(25)27-9(4-5-20)7-26-14-12-11(6-10(18)13(14)19)21-8-22-15(12)24/h6,8-9H,4,7H2,1-3H3,(H,23,25)(H,21,22,24)/t9-/m0/s1. The van der Waals surface area contributed by atoms with Gasteiger partial charge in [0.15, 0.2) is 11.9 Å². The summed E-state index contributed by atoms with van der Waals surface area (Å²) in [6.07, 6.45) is -0.336. The Morgan fingerprint density at radius 1 is 1.52 bits per heavy atom. The number of carbonyl (C=O) groups excluding carboxylic acids is 1. The summed E-state index contributed by atoms with van der Waals surface area (Å²) >= 11 is 9.55. The van der Waals surface area contributed by atoms with Gasteiger partial charge in [-0.3, -0.25) is 4.79 Å². The van der Waals surface area contributed by atoms with Gasteiger partial charge in [0.05, 0.1) is 29.4 Å². The van der Waals surface area contributed by atoms with Crippen LogP contribution >= 0.6 is 27.5 Å². The maximum absolute atomic E-state index is 12.2. The summed E-state index contributed by atoms with van der Waals surface area (Å²) in [6, 6.07) is 3.54. The number of hydrogen-bond donors (Lipinski definition) is 2. The van der Waals surface area contributed by atoms with Crippen molar-refractivity contribution in [2.45, 2.75) is 38.8 Å². The van der Waals surface area contributed by atoms with Crippen LogP contribution in [0.2, 0.25) is 5.02 Å². The molecule has 0 saturated heterocycles. The van der Waals surface area contributed by atoms with Gasteiger partial charge >= 0.3 is 6.09 Å². The minimum Gasteiger partial charge on any atom is -0.487 e. The van der Waals surface area contributed by atoms with Crippen molar-refractivity contribution in [2.24, 2.45) is 0 Å². The highest BCUT2D eigenvalue weighted by Crippen LogP contribution is 2.37. The molecule has 0 aliphatic rings. The maximum Gasteiger partial charge on any atom is 0.407 e. The zero-order valence-electron chi connectivity index (χ0n) is 14.9. The molecule has 0 fully saturated rings. The summed E-state index contributed by atoms with van der Waals surface area (Å²) in [5.41, 5.74) is -0.529. The fourth-order valence-electron chi connectivity index (χ4n) is 2.18. The average Bonchev–Trinajstić information content (AvgIpc) is 2.54. The van der Waals surface area contributed by atoms with Crippen LogP contribution < -0.4 is 15.6 Å². The molecule has 10 heteroatoms. The van der Waals surface area contributed by atoms with E-state index in [1.807, 2.05) is 6.07 Å². The number of benzene rings is 1. The van der Waals surface area contributed by atoms with Crippen LogP contribution in [0.15, 0.2) is 21.7 Å². The molecule has 0 spiro atoms. The van der Waals surface area contributed by atoms with Gasteiger partial charge in [0.2, 0.25) is 0 Å². The normalized spacial score (nSPS) is 12.3. The van der Waals surface area contributed by atoms with Gasteiger partial charge in [0.25, 0.3) is 5.56 Å². The van der Waals surface area contributed by atoms with E-state index in [1.165, 1.54) is 6.33 Å². The van der Waals surface area contributed by atoms with E-state index in [0.29, 0.717) is 9.99 Å². The van der Waals surface area contributed by atoms with E-state index in [-0.39, 0.29) is 29.2 Å². The molecule has 27 heavy (non-hydrogen) atoms. The predicted octanol–water partition coefficient (Wildman–Crippen LogP) is 3.52. The van der Waals surface area contributed by atoms with Gasteiger partial charge in [-0.15, -0.1) is 0 Å². The van der Waals surface area contributed by atoms with Gasteiger partial charge in [-0.1, -0.05) is 11.6 Å². The van der Waals surface area contributed by atoms with Crippen LogP contribution in [-0.2, 0) is 4.74 Å². The number of fused-ring (bicyclic) bond motifs is 1. The third-order valence-corrected chi connectivity index (χ3v) is 4.49. The second-order valence-corrected chi connectivity index (χ2v) is 7.94. The van der Waals surface area contributed by atoms with Crippen molar-refractivity contribution >= 4 is 44.5 Å². The Kier molecular flexibility index (Phi) is 6.68. The molecule has 1 amide bonds. The molecule has 144 valence electrons.